The van der Waals surface area contributed by atoms with Gasteiger partial charge in [-0.2, -0.15) is 0 Å². The van der Waals surface area contributed by atoms with Gasteiger partial charge in [0.25, 0.3) is 11.8 Å². The topological polar surface area (TPSA) is 131 Å². The fourth-order valence-electron chi connectivity index (χ4n) is 6.40. The Morgan fingerprint density at radius 3 is 2.29 bits per heavy atom. The van der Waals surface area contributed by atoms with Gasteiger partial charge in [0.1, 0.15) is 0 Å². The first-order chi connectivity index (χ1) is 25.1. The Kier molecular flexibility index (Phi) is 16.1. The quantitative estimate of drug-likeness (QED) is 0.0575. The number of carbonyl (C=O) groups excluding carboxylic acids is 2. The number of amides is 2. The van der Waals surface area contributed by atoms with Crippen LogP contribution in [0.15, 0.2) is 70.6 Å². The van der Waals surface area contributed by atoms with Crippen molar-refractivity contribution in [2.45, 2.75) is 96.3 Å². The number of benzene rings is 3. The second kappa shape index (κ2) is 20.5. The van der Waals surface area contributed by atoms with E-state index in [0.29, 0.717) is 44.0 Å². The van der Waals surface area contributed by atoms with Crippen LogP contribution in [0.3, 0.4) is 0 Å². The molecule has 3 N–H and O–H groups in total. The predicted octanol–water partition coefficient (Wildman–Crippen LogP) is 7.97. The molecule has 0 unspecified atom stereocenters. The summed E-state index contributed by atoms with van der Waals surface area (Å²) in [4.78, 5) is 36.2. The second-order valence-electron chi connectivity index (χ2n) is 13.2. The Balaban J connectivity index is 1.50. The largest absolute Gasteiger partial charge is 0.395 e. The molecule has 0 atom stereocenters. The number of fused-ring (bicyclic) bond motifs is 1. The minimum absolute atomic E-state index is 0.00338. The van der Waals surface area contributed by atoms with Crippen molar-refractivity contribution in [3.63, 3.8) is 0 Å². The van der Waals surface area contributed by atoms with Crippen LogP contribution in [0.2, 0.25) is 5.02 Å². The average molecular weight is 752 g/mol. The maximum Gasteiger partial charge on any atom is 0.282 e. The van der Waals surface area contributed by atoms with E-state index < -0.39 is 21.8 Å². The number of unbranched alkanes of at least 4 members (excludes halogenated alkanes) is 9. The summed E-state index contributed by atoms with van der Waals surface area (Å²) in [6.45, 7) is 7.89. The van der Waals surface area contributed by atoms with Gasteiger partial charge in [-0.05, 0) is 80.3 Å². The lowest BCUT2D eigenvalue weighted by Crippen LogP contribution is -2.41. The number of aliphatic imine (C=N–C) groups is 1. The first-order valence-electron chi connectivity index (χ1n) is 18.6. The summed E-state index contributed by atoms with van der Waals surface area (Å²) in [5, 5.41) is 12.3. The van der Waals surface area contributed by atoms with Gasteiger partial charge in [0, 0.05) is 37.6 Å². The first-order valence-corrected chi connectivity index (χ1v) is 20.5. The number of nitrogens with one attached hydrogen (secondary N) is 2. The van der Waals surface area contributed by atoms with Crippen LogP contribution in [0.25, 0.3) is 0 Å². The molecule has 0 saturated carbocycles. The average Bonchev–Trinajstić information content (AvgIpc) is 3.57. The molecule has 1 aliphatic rings. The van der Waals surface area contributed by atoms with Crippen LogP contribution < -0.4 is 19.8 Å². The van der Waals surface area contributed by atoms with Crippen molar-refractivity contribution in [3.8, 4) is 0 Å². The number of sulfonamides is 1. The standard InChI is InChI=1S/C40H54ClN5O5S/c1-4-6-7-8-9-10-11-12-13-16-24-42-52(50,51)33-20-21-34(41)36(29-33)44-39(48)38(40(49)46-25-23-31-17-14-15-18-37(31)46)43-35-22-19-32(28-30(35)3)45(5-2)26-27-47/h14-15,17-22,28-29,42,47H,4-13,16,23-27H2,1-3H3,(H,44,48)/b43-38-. The van der Waals surface area contributed by atoms with Gasteiger partial charge in [-0.15, -0.1) is 0 Å². The number of halogens is 1. The molecule has 0 aliphatic carbocycles. The van der Waals surface area contributed by atoms with E-state index in [0.717, 1.165) is 42.5 Å². The lowest BCUT2D eigenvalue weighted by atomic mass is 10.1. The van der Waals surface area contributed by atoms with Gasteiger partial charge < -0.3 is 20.2 Å². The smallest absolute Gasteiger partial charge is 0.282 e. The molecule has 3 aromatic rings. The van der Waals surface area contributed by atoms with Crippen molar-refractivity contribution in [3.05, 3.63) is 76.8 Å². The van der Waals surface area contributed by atoms with Crippen LogP contribution in [0.4, 0.5) is 22.7 Å². The molecule has 0 bridgehead atoms. The number of hydrogen-bond donors (Lipinski definition) is 3. The molecule has 52 heavy (non-hydrogen) atoms. The molecule has 0 spiro atoms. The van der Waals surface area contributed by atoms with Gasteiger partial charge in [0.2, 0.25) is 10.0 Å². The van der Waals surface area contributed by atoms with E-state index in [-0.39, 0.29) is 27.9 Å². The minimum atomic E-state index is -3.89. The Bertz CT molecular complexity index is 1800. The van der Waals surface area contributed by atoms with Crippen LogP contribution >= 0.6 is 11.6 Å². The number of aliphatic hydroxyl groups is 1. The molecule has 2 amide bonds. The van der Waals surface area contributed by atoms with Gasteiger partial charge in [-0.25, -0.2) is 18.1 Å². The van der Waals surface area contributed by atoms with Crippen molar-refractivity contribution in [1.82, 2.24) is 4.72 Å². The Morgan fingerprint density at radius 1 is 0.923 bits per heavy atom. The zero-order valence-electron chi connectivity index (χ0n) is 30.8. The van der Waals surface area contributed by atoms with Gasteiger partial charge in [-0.1, -0.05) is 94.5 Å². The summed E-state index contributed by atoms with van der Waals surface area (Å²) in [7, 11) is -3.89. The molecule has 0 fully saturated rings. The monoisotopic (exact) mass is 751 g/mol. The number of para-hydroxylation sites is 1. The number of anilines is 3. The summed E-state index contributed by atoms with van der Waals surface area (Å²) in [6.07, 6.45) is 12.1. The minimum Gasteiger partial charge on any atom is -0.395 e. The van der Waals surface area contributed by atoms with Crippen LogP contribution in [0, 0.1) is 6.92 Å². The highest BCUT2D eigenvalue weighted by Crippen LogP contribution is 2.31. The van der Waals surface area contributed by atoms with Crippen molar-refractivity contribution < 1.29 is 23.1 Å². The van der Waals surface area contributed by atoms with Crippen LogP contribution in [-0.4, -0.2) is 63.8 Å². The molecule has 1 aliphatic heterocycles. The van der Waals surface area contributed by atoms with Crippen LogP contribution in [0.5, 0.6) is 0 Å². The number of carbonyl (C=O) groups is 2. The Labute approximate surface area is 314 Å². The summed E-state index contributed by atoms with van der Waals surface area (Å²) in [5.74, 6) is -1.40. The fourth-order valence-corrected chi connectivity index (χ4v) is 7.66. The molecule has 0 aromatic heterocycles. The summed E-state index contributed by atoms with van der Waals surface area (Å²) < 4.78 is 29.1. The Hall–Kier alpha value is -3.77. The number of hydrogen-bond acceptors (Lipinski definition) is 7. The predicted molar refractivity (Wildman–Crippen MR) is 213 cm³/mol. The highest BCUT2D eigenvalue weighted by atomic mass is 35.5. The first kappa shape index (κ1) is 41.0. The van der Waals surface area contributed by atoms with E-state index in [4.69, 9.17) is 11.6 Å². The van der Waals surface area contributed by atoms with E-state index in [1.54, 1.807) is 6.07 Å². The highest BCUT2D eigenvalue weighted by Gasteiger charge is 2.32. The van der Waals surface area contributed by atoms with Crippen LogP contribution in [0.1, 0.15) is 89.2 Å². The van der Waals surface area contributed by atoms with Gasteiger partial charge >= 0.3 is 0 Å². The summed E-state index contributed by atoms with van der Waals surface area (Å²) >= 11 is 6.48. The number of aliphatic hydroxyl groups excluding tert-OH is 1. The van der Waals surface area contributed by atoms with Gasteiger partial charge in [0.05, 0.1) is 27.9 Å². The maximum absolute atomic E-state index is 14.1. The van der Waals surface area contributed by atoms with Crippen molar-refractivity contribution in [2.75, 3.05) is 47.9 Å². The van der Waals surface area contributed by atoms with Gasteiger partial charge in [-0.3, -0.25) is 9.59 Å². The molecule has 4 rings (SSSR count). The molecular weight excluding hydrogens is 698 g/mol. The van der Waals surface area contributed by atoms with Crippen molar-refractivity contribution in [1.29, 1.82) is 0 Å². The van der Waals surface area contributed by atoms with Crippen molar-refractivity contribution in [2.24, 2.45) is 4.99 Å². The normalized spacial score (nSPS) is 12.9. The third kappa shape index (κ3) is 11.4. The van der Waals surface area contributed by atoms with E-state index in [1.165, 1.54) is 61.6 Å². The lowest BCUT2D eigenvalue weighted by Gasteiger charge is -2.23. The highest BCUT2D eigenvalue weighted by molar-refractivity contribution is 7.89. The number of likely N-dealkylation sites (N-methyl/N-ethyl adjacent to an activating group) is 1. The third-order valence-electron chi connectivity index (χ3n) is 9.40. The second-order valence-corrected chi connectivity index (χ2v) is 15.4. The van der Waals surface area contributed by atoms with Crippen LogP contribution in [-0.2, 0) is 26.0 Å². The lowest BCUT2D eigenvalue weighted by molar-refractivity contribution is -0.115. The SMILES string of the molecule is CCCCCCCCCCCCNS(=O)(=O)c1ccc(Cl)c(NC(=O)/C(=N/c2ccc(N(CC)CCO)cc2C)C(=O)N2CCc3ccccc32)c1. The third-order valence-corrected chi connectivity index (χ3v) is 11.2. The molecule has 282 valence electrons. The zero-order valence-corrected chi connectivity index (χ0v) is 32.4. The summed E-state index contributed by atoms with van der Waals surface area (Å²) in [6, 6.07) is 17.1. The number of aryl methyl sites for hydroxylation is 1. The molecule has 1 heterocycles. The van der Waals surface area contributed by atoms with Gasteiger partial charge in [0.15, 0.2) is 5.71 Å². The van der Waals surface area contributed by atoms with Crippen molar-refractivity contribution >= 4 is 61.9 Å². The zero-order chi connectivity index (χ0) is 37.5. The maximum atomic E-state index is 14.1. The molecule has 3 aromatic carbocycles. The number of nitrogens with zero attached hydrogens (tertiary/aromatic N) is 3. The Morgan fingerprint density at radius 2 is 1.62 bits per heavy atom. The van der Waals surface area contributed by atoms with E-state index in [2.05, 4.69) is 22.0 Å². The molecule has 0 saturated heterocycles. The number of rotatable bonds is 21. The molecule has 0 radical (unpaired) electrons. The van der Waals surface area contributed by atoms with E-state index in [1.807, 2.05) is 55.1 Å². The molecule has 12 heteroatoms. The van der Waals surface area contributed by atoms with E-state index >= 15 is 0 Å². The summed E-state index contributed by atoms with van der Waals surface area (Å²) in [5.41, 5.74) is 3.42. The molecule has 10 nitrogen and oxygen atoms in total. The fraction of sp³-hybridized carbons (Fsp3) is 0.475. The molecular formula is C40H54ClN5O5S. The van der Waals surface area contributed by atoms with E-state index in [9.17, 15) is 23.1 Å².